The molecule has 0 heterocycles. The summed E-state index contributed by atoms with van der Waals surface area (Å²) >= 11 is 3.59. The van der Waals surface area contributed by atoms with E-state index in [1.165, 1.54) is 12.8 Å². The fourth-order valence-electron chi connectivity index (χ4n) is 1.86. The van der Waals surface area contributed by atoms with E-state index in [0.717, 1.165) is 19.3 Å². The maximum absolute atomic E-state index is 11.5. The molecule has 3 nitrogen and oxygen atoms in total. The summed E-state index contributed by atoms with van der Waals surface area (Å²) in [5, 5.41) is 0. The van der Waals surface area contributed by atoms with Crippen LogP contribution in [0.15, 0.2) is 0 Å². The first-order chi connectivity index (χ1) is 7.05. The van der Waals surface area contributed by atoms with Crippen LogP contribution in [0.3, 0.4) is 0 Å². The first-order valence-corrected chi connectivity index (χ1v) is 8.23. The Labute approximate surface area is 101 Å². The molecular formula is C10H20BrNO2S. The first-order valence-electron chi connectivity index (χ1n) is 5.66. The molecule has 2 unspecified atom stereocenters. The minimum atomic E-state index is -3.03. The van der Waals surface area contributed by atoms with Crippen molar-refractivity contribution in [2.75, 3.05) is 12.3 Å². The monoisotopic (exact) mass is 297 g/mol. The predicted octanol–water partition coefficient (Wildman–Crippen LogP) is 2.27. The van der Waals surface area contributed by atoms with Crippen LogP contribution in [0.5, 0.6) is 0 Å². The standard InChI is InChI=1S/C10H20BrNO2S/c1-2-3-7-15(13,14)12-8-9-5-4-6-10(9)11/h9-10,12H,2-8H2,1H3. The average molecular weight is 298 g/mol. The quantitative estimate of drug-likeness (QED) is 0.765. The number of rotatable bonds is 6. The topological polar surface area (TPSA) is 46.2 Å². The van der Waals surface area contributed by atoms with Gasteiger partial charge >= 0.3 is 0 Å². The summed E-state index contributed by atoms with van der Waals surface area (Å²) < 4.78 is 25.8. The highest BCUT2D eigenvalue weighted by Crippen LogP contribution is 2.30. The highest BCUT2D eigenvalue weighted by Gasteiger charge is 2.25. The van der Waals surface area contributed by atoms with Crippen LogP contribution < -0.4 is 4.72 Å². The Morgan fingerprint density at radius 2 is 2.13 bits per heavy atom. The van der Waals surface area contributed by atoms with Gasteiger partial charge < -0.3 is 0 Å². The van der Waals surface area contributed by atoms with Gasteiger partial charge in [0.25, 0.3) is 0 Å². The summed E-state index contributed by atoms with van der Waals surface area (Å²) in [5.74, 6) is 0.741. The Morgan fingerprint density at radius 3 is 2.67 bits per heavy atom. The number of sulfonamides is 1. The van der Waals surface area contributed by atoms with E-state index in [-0.39, 0.29) is 5.75 Å². The highest BCUT2D eigenvalue weighted by molar-refractivity contribution is 9.09. The van der Waals surface area contributed by atoms with Crippen LogP contribution in [0.25, 0.3) is 0 Å². The van der Waals surface area contributed by atoms with Gasteiger partial charge in [0.1, 0.15) is 0 Å². The van der Waals surface area contributed by atoms with Crippen LogP contribution in [0.2, 0.25) is 0 Å². The molecule has 1 aliphatic rings. The molecule has 0 aromatic carbocycles. The molecule has 0 spiro atoms. The summed E-state index contributed by atoms with van der Waals surface area (Å²) in [6, 6.07) is 0. The van der Waals surface area contributed by atoms with Gasteiger partial charge in [0.15, 0.2) is 0 Å². The summed E-state index contributed by atoms with van der Waals surface area (Å²) in [6.07, 6.45) is 5.17. The van der Waals surface area contributed by atoms with E-state index in [4.69, 9.17) is 0 Å². The molecule has 0 aromatic heterocycles. The second-order valence-corrected chi connectivity index (χ2v) is 7.33. The number of halogens is 1. The Kier molecular flexibility index (Phi) is 5.57. The Hall–Kier alpha value is 0.390. The van der Waals surface area contributed by atoms with Crippen molar-refractivity contribution in [3.63, 3.8) is 0 Å². The number of hydrogen-bond acceptors (Lipinski definition) is 2. The lowest BCUT2D eigenvalue weighted by Gasteiger charge is -2.14. The third-order valence-electron chi connectivity index (χ3n) is 2.90. The normalized spacial score (nSPS) is 27.1. The van der Waals surface area contributed by atoms with Gasteiger partial charge in [0, 0.05) is 11.4 Å². The number of alkyl halides is 1. The van der Waals surface area contributed by atoms with E-state index < -0.39 is 10.0 Å². The molecule has 0 aromatic rings. The number of unbranched alkanes of at least 4 members (excludes halogenated alkanes) is 1. The predicted molar refractivity (Wildman–Crippen MR) is 66.8 cm³/mol. The summed E-state index contributed by atoms with van der Waals surface area (Å²) in [7, 11) is -3.03. The molecule has 1 N–H and O–H groups in total. The minimum Gasteiger partial charge on any atom is -0.215 e. The molecule has 0 radical (unpaired) electrons. The molecule has 0 amide bonds. The van der Waals surface area contributed by atoms with Crippen molar-refractivity contribution in [1.82, 2.24) is 4.72 Å². The van der Waals surface area contributed by atoms with E-state index in [1.54, 1.807) is 0 Å². The number of hydrogen-bond donors (Lipinski definition) is 1. The lowest BCUT2D eigenvalue weighted by molar-refractivity contribution is 0.528. The molecule has 1 saturated carbocycles. The zero-order chi connectivity index (χ0) is 11.3. The van der Waals surface area contributed by atoms with Crippen molar-refractivity contribution < 1.29 is 8.42 Å². The fraction of sp³-hybridized carbons (Fsp3) is 1.00. The van der Waals surface area contributed by atoms with Crippen molar-refractivity contribution in [1.29, 1.82) is 0 Å². The van der Waals surface area contributed by atoms with E-state index >= 15 is 0 Å². The van der Waals surface area contributed by atoms with Crippen LogP contribution in [-0.2, 0) is 10.0 Å². The van der Waals surface area contributed by atoms with Gasteiger partial charge in [-0.15, -0.1) is 0 Å². The van der Waals surface area contributed by atoms with Gasteiger partial charge in [0.05, 0.1) is 5.75 Å². The van der Waals surface area contributed by atoms with Crippen molar-refractivity contribution in [2.24, 2.45) is 5.92 Å². The van der Waals surface area contributed by atoms with Crippen LogP contribution in [0.1, 0.15) is 39.0 Å². The van der Waals surface area contributed by atoms with Gasteiger partial charge in [-0.1, -0.05) is 35.7 Å². The summed E-state index contributed by atoms with van der Waals surface area (Å²) in [5.41, 5.74) is 0. The molecule has 15 heavy (non-hydrogen) atoms. The molecule has 90 valence electrons. The van der Waals surface area contributed by atoms with E-state index in [9.17, 15) is 8.42 Å². The van der Waals surface area contributed by atoms with Gasteiger partial charge in [0.2, 0.25) is 10.0 Å². The summed E-state index contributed by atoms with van der Waals surface area (Å²) in [4.78, 5) is 0.492. The third-order valence-corrected chi connectivity index (χ3v) is 5.54. The largest absolute Gasteiger partial charge is 0.215 e. The minimum absolute atomic E-state index is 0.267. The second-order valence-electron chi connectivity index (χ2n) is 4.23. The average Bonchev–Trinajstić information content (AvgIpc) is 2.58. The van der Waals surface area contributed by atoms with Crippen molar-refractivity contribution >= 4 is 26.0 Å². The smallest absolute Gasteiger partial charge is 0.211 e. The molecule has 1 aliphatic carbocycles. The van der Waals surface area contributed by atoms with Crippen LogP contribution in [0.4, 0.5) is 0 Å². The fourth-order valence-corrected chi connectivity index (χ4v) is 3.92. The maximum Gasteiger partial charge on any atom is 0.211 e. The van der Waals surface area contributed by atoms with Crippen LogP contribution >= 0.6 is 15.9 Å². The molecular weight excluding hydrogens is 278 g/mol. The Morgan fingerprint density at radius 1 is 1.40 bits per heavy atom. The van der Waals surface area contributed by atoms with Gasteiger partial charge in [-0.05, 0) is 25.2 Å². The maximum atomic E-state index is 11.5. The SMILES string of the molecule is CCCCS(=O)(=O)NCC1CCCC1Br. The second kappa shape index (κ2) is 6.21. The molecule has 1 rings (SSSR count). The van der Waals surface area contributed by atoms with Gasteiger partial charge in [-0.3, -0.25) is 0 Å². The van der Waals surface area contributed by atoms with Crippen LogP contribution in [-0.4, -0.2) is 25.5 Å². The van der Waals surface area contributed by atoms with Gasteiger partial charge in [-0.25, -0.2) is 13.1 Å². The van der Waals surface area contributed by atoms with Crippen molar-refractivity contribution in [3.05, 3.63) is 0 Å². The van der Waals surface area contributed by atoms with Gasteiger partial charge in [-0.2, -0.15) is 0 Å². The lowest BCUT2D eigenvalue weighted by Crippen LogP contribution is -2.32. The molecule has 0 bridgehead atoms. The van der Waals surface area contributed by atoms with E-state index in [1.807, 2.05) is 6.92 Å². The Bertz CT molecular complexity index is 279. The zero-order valence-corrected chi connectivity index (χ0v) is 11.6. The Balaban J connectivity index is 2.29. The molecule has 0 saturated heterocycles. The van der Waals surface area contributed by atoms with Crippen molar-refractivity contribution in [2.45, 2.75) is 43.9 Å². The van der Waals surface area contributed by atoms with Crippen LogP contribution in [0, 0.1) is 5.92 Å². The van der Waals surface area contributed by atoms with Crippen molar-refractivity contribution in [3.8, 4) is 0 Å². The van der Waals surface area contributed by atoms with E-state index in [2.05, 4.69) is 20.7 Å². The number of nitrogens with one attached hydrogen (secondary N) is 1. The lowest BCUT2D eigenvalue weighted by atomic mass is 10.1. The molecule has 1 fully saturated rings. The first kappa shape index (κ1) is 13.5. The molecule has 2 atom stereocenters. The highest BCUT2D eigenvalue weighted by atomic mass is 79.9. The molecule has 5 heteroatoms. The summed E-state index contributed by atoms with van der Waals surface area (Å²) in [6.45, 7) is 2.60. The zero-order valence-electron chi connectivity index (χ0n) is 9.21. The third kappa shape index (κ3) is 4.83. The van der Waals surface area contributed by atoms with E-state index in [0.29, 0.717) is 17.3 Å². The molecule has 0 aliphatic heterocycles.